The Labute approximate surface area is 144 Å². The molecule has 1 aromatic carbocycles. The van der Waals surface area contributed by atoms with Crippen LogP contribution in [0.2, 0.25) is 0 Å². The Morgan fingerprint density at radius 1 is 1.12 bits per heavy atom. The minimum absolute atomic E-state index is 0. The first kappa shape index (κ1) is 15.1. The van der Waals surface area contributed by atoms with Crippen molar-refractivity contribution in [2.24, 2.45) is 5.22 Å². The summed E-state index contributed by atoms with van der Waals surface area (Å²) in [5, 5.41) is 15.4. The molecule has 0 saturated heterocycles. The van der Waals surface area contributed by atoms with E-state index in [2.05, 4.69) is 10.6 Å². The van der Waals surface area contributed by atoms with Gasteiger partial charge in [-0.05, 0) is 37.8 Å². The van der Waals surface area contributed by atoms with Crippen LogP contribution in [0.1, 0.15) is 32.1 Å². The maximum atomic E-state index is 11.6. The van der Waals surface area contributed by atoms with Gasteiger partial charge in [0.2, 0.25) is 0 Å². The Hall–Kier alpha value is 0.0564. The zero-order valence-corrected chi connectivity index (χ0v) is 13.4. The molecule has 1 aliphatic carbocycles. The predicted molar refractivity (Wildman–Crippen MR) is 67.9 cm³/mol. The predicted octanol–water partition coefficient (Wildman–Crippen LogP) is 2.74. The molecule has 0 spiro atoms. The fraction of sp³-hybridized carbons (Fsp3) is 0.500. The van der Waals surface area contributed by atoms with Gasteiger partial charge in [0, 0.05) is 51.4 Å². The smallest absolute Gasteiger partial charge is 0.154 e. The first-order chi connectivity index (χ1) is 7.86. The van der Waals surface area contributed by atoms with Gasteiger partial charge in [-0.15, -0.1) is 4.86 Å². The fourth-order valence-corrected chi connectivity index (χ4v) is 1.98. The molecule has 0 unspecified atom stereocenters. The zero-order valence-electron chi connectivity index (χ0n) is 10.3. The van der Waals surface area contributed by atoms with Gasteiger partial charge in [-0.25, -0.2) is 0 Å². The van der Waals surface area contributed by atoms with Crippen molar-refractivity contribution in [2.45, 2.75) is 38.1 Å². The second-order valence-electron chi connectivity index (χ2n) is 4.17. The molecule has 0 atom stereocenters. The number of hydrogen-bond acceptors (Lipinski definition) is 2. The average molecular weight is 258 g/mol. The molecule has 0 heterocycles. The van der Waals surface area contributed by atoms with Crippen LogP contribution in [0, 0.1) is 5.21 Å². The molecule has 2 rings (SSSR count). The number of benzene rings is 1. The third-order valence-electron chi connectivity index (χ3n) is 2.91. The van der Waals surface area contributed by atoms with Gasteiger partial charge in [-0.3, -0.25) is 0 Å². The molecule has 1 aliphatic rings. The van der Waals surface area contributed by atoms with Crippen LogP contribution in [0.15, 0.2) is 35.6 Å². The summed E-state index contributed by atoms with van der Waals surface area (Å²) >= 11 is 0. The van der Waals surface area contributed by atoms with Crippen molar-refractivity contribution in [3.8, 4) is 0 Å². The molecule has 0 amide bonds. The van der Waals surface area contributed by atoms with E-state index in [0.717, 1.165) is 12.8 Å². The van der Waals surface area contributed by atoms with E-state index in [0.29, 0.717) is 16.6 Å². The van der Waals surface area contributed by atoms with E-state index in [-0.39, 0.29) is 51.4 Å². The van der Waals surface area contributed by atoms with Gasteiger partial charge < -0.3 is 5.21 Å². The van der Waals surface area contributed by atoms with E-state index in [1.165, 1.54) is 19.3 Å². The van der Waals surface area contributed by atoms with Crippen molar-refractivity contribution in [3.63, 3.8) is 0 Å². The van der Waals surface area contributed by atoms with Crippen LogP contribution in [0.3, 0.4) is 0 Å². The van der Waals surface area contributed by atoms with Gasteiger partial charge >= 0.3 is 0 Å². The van der Waals surface area contributed by atoms with Crippen LogP contribution in [-0.2, 0) is 0 Å². The molecule has 4 nitrogen and oxygen atoms in total. The van der Waals surface area contributed by atoms with E-state index in [1.807, 2.05) is 18.2 Å². The van der Waals surface area contributed by atoms with Gasteiger partial charge in [0.1, 0.15) is 6.04 Å². The fourth-order valence-electron chi connectivity index (χ4n) is 1.98. The number of para-hydroxylation sites is 1. The molecule has 0 bridgehead atoms. The van der Waals surface area contributed by atoms with Gasteiger partial charge in [-0.1, -0.05) is 24.6 Å². The van der Waals surface area contributed by atoms with Crippen molar-refractivity contribution in [1.82, 2.24) is 5.43 Å². The van der Waals surface area contributed by atoms with Gasteiger partial charge in [-0.2, -0.15) is 5.43 Å². The van der Waals surface area contributed by atoms with Crippen LogP contribution < -0.4 is 5.43 Å². The molecule has 5 heteroatoms. The van der Waals surface area contributed by atoms with Crippen molar-refractivity contribution >= 4 is 57.1 Å². The quantitative estimate of drug-likeness (QED) is 0.392. The van der Waals surface area contributed by atoms with Gasteiger partial charge in [0.25, 0.3) is 0 Å². The Bertz CT molecular complexity index is 350. The molecule has 1 N–H and O–H groups in total. The summed E-state index contributed by atoms with van der Waals surface area (Å²) in [5.41, 5.74) is 3.52. The summed E-state index contributed by atoms with van der Waals surface area (Å²) in [6.45, 7) is 0. The van der Waals surface area contributed by atoms with E-state index < -0.39 is 0 Å². The SMILES string of the molecule is [K].[O-][N+](=NNC1CCCCC1)c1ccccc1. The van der Waals surface area contributed by atoms with E-state index >= 15 is 0 Å². The molecule has 0 aromatic heterocycles. The van der Waals surface area contributed by atoms with E-state index in [1.54, 1.807) is 12.1 Å². The Balaban J connectivity index is 0.00000144. The summed E-state index contributed by atoms with van der Waals surface area (Å²) in [4.78, 5) is 0.647. The largest absolute Gasteiger partial charge is 0.691 e. The molecular formula is C12H17KN3O. The number of nitrogens with one attached hydrogen (secondary N) is 1. The third-order valence-corrected chi connectivity index (χ3v) is 2.91. The molecule has 1 fully saturated rings. The normalized spacial score (nSPS) is 17.3. The van der Waals surface area contributed by atoms with E-state index in [4.69, 9.17) is 0 Å². The van der Waals surface area contributed by atoms with Crippen molar-refractivity contribution in [1.29, 1.82) is 0 Å². The minimum Gasteiger partial charge on any atom is -0.691 e. The Morgan fingerprint density at radius 3 is 2.41 bits per heavy atom. The van der Waals surface area contributed by atoms with Crippen LogP contribution in [-0.4, -0.2) is 62.3 Å². The first-order valence-corrected chi connectivity index (χ1v) is 5.85. The molecule has 87 valence electrons. The van der Waals surface area contributed by atoms with Crippen LogP contribution in [0.4, 0.5) is 5.69 Å². The number of nitrogens with zero attached hydrogens (tertiary/aromatic N) is 2. The topological polar surface area (TPSA) is 50.5 Å². The average Bonchev–Trinajstić information content (AvgIpc) is 2.38. The second-order valence-corrected chi connectivity index (χ2v) is 4.17. The molecule has 1 saturated carbocycles. The standard InChI is InChI=1S/C12H17N3O.K/c16-15(12-9-5-2-6-10-12)14-13-11-7-3-1-4-8-11;/h2,5-6,9-11,13H,1,3-4,7-8H2;. The number of hydrogen-bond donors (Lipinski definition) is 1. The van der Waals surface area contributed by atoms with Crippen LogP contribution >= 0.6 is 0 Å². The molecular weight excluding hydrogens is 241 g/mol. The molecule has 17 heavy (non-hydrogen) atoms. The zero-order chi connectivity index (χ0) is 11.2. The summed E-state index contributed by atoms with van der Waals surface area (Å²) in [7, 11) is 0. The van der Waals surface area contributed by atoms with Crippen LogP contribution in [0.25, 0.3) is 0 Å². The Kier molecular flexibility index (Phi) is 7.30. The van der Waals surface area contributed by atoms with E-state index in [9.17, 15) is 5.21 Å². The second kappa shape index (κ2) is 8.21. The molecule has 0 aliphatic heterocycles. The summed E-state index contributed by atoms with van der Waals surface area (Å²) < 4.78 is 0. The maximum Gasteiger partial charge on any atom is 0.154 e. The Morgan fingerprint density at radius 2 is 1.76 bits per heavy atom. The summed E-state index contributed by atoms with van der Waals surface area (Å²) in [5.74, 6) is 0. The number of rotatable bonds is 3. The van der Waals surface area contributed by atoms with Gasteiger partial charge in [0.15, 0.2) is 5.69 Å². The maximum absolute atomic E-state index is 11.6. The molecule has 1 radical (unpaired) electrons. The molecule has 1 aromatic rings. The summed E-state index contributed by atoms with van der Waals surface area (Å²) in [6.07, 6.45) is 6.00. The first-order valence-electron chi connectivity index (χ1n) is 5.85. The van der Waals surface area contributed by atoms with Crippen molar-refractivity contribution in [3.05, 3.63) is 35.5 Å². The monoisotopic (exact) mass is 258 g/mol. The third kappa shape index (κ3) is 5.05. The van der Waals surface area contributed by atoms with Crippen molar-refractivity contribution < 1.29 is 4.86 Å². The van der Waals surface area contributed by atoms with Gasteiger partial charge in [0.05, 0.1) is 5.22 Å². The minimum atomic E-state index is 0. The van der Waals surface area contributed by atoms with Crippen LogP contribution in [0.5, 0.6) is 0 Å². The van der Waals surface area contributed by atoms with Crippen molar-refractivity contribution in [2.75, 3.05) is 0 Å². The summed E-state index contributed by atoms with van der Waals surface area (Å²) in [6, 6.07) is 9.41.